The van der Waals surface area contributed by atoms with Gasteiger partial charge in [0.2, 0.25) is 0 Å². The molecule has 0 spiro atoms. The Labute approximate surface area is 195 Å². The molecule has 166 valence electrons. The predicted octanol–water partition coefficient (Wildman–Crippen LogP) is 4.70. The maximum atomic E-state index is 11.2. The van der Waals surface area contributed by atoms with Crippen molar-refractivity contribution in [1.82, 2.24) is 9.97 Å². The van der Waals surface area contributed by atoms with Gasteiger partial charge in [-0.15, -0.1) is 0 Å². The standard InChI is InChI=1S/C23H22ClN3O4S/c1-30-18-9-15-6-7-27(12-17(15)10-19(18)31-2)21-11-20(24)25-23(26-21)32-13-14-4-3-5-16(8-14)22(28)29/h3-5,8-11H,6-7,12-13H2,1-2H3,(H,28,29). The van der Waals surface area contributed by atoms with Crippen LogP contribution in [0, 0.1) is 0 Å². The van der Waals surface area contributed by atoms with Gasteiger partial charge in [-0.25, -0.2) is 14.8 Å². The molecule has 0 unspecified atom stereocenters. The molecular formula is C23H22ClN3O4S. The number of hydrogen-bond acceptors (Lipinski definition) is 7. The quantitative estimate of drug-likeness (QED) is 0.301. The normalized spacial score (nSPS) is 12.9. The van der Waals surface area contributed by atoms with Crippen LogP contribution in [0.15, 0.2) is 47.6 Å². The second-order valence-electron chi connectivity index (χ2n) is 7.27. The van der Waals surface area contributed by atoms with Crippen molar-refractivity contribution >= 4 is 35.1 Å². The highest BCUT2D eigenvalue weighted by atomic mass is 35.5. The van der Waals surface area contributed by atoms with E-state index in [1.807, 2.05) is 18.2 Å². The summed E-state index contributed by atoms with van der Waals surface area (Å²) < 4.78 is 10.9. The lowest BCUT2D eigenvalue weighted by Crippen LogP contribution is -2.31. The Kier molecular flexibility index (Phi) is 6.72. The summed E-state index contributed by atoms with van der Waals surface area (Å²) in [6.07, 6.45) is 0.849. The van der Waals surface area contributed by atoms with Gasteiger partial charge in [-0.2, -0.15) is 0 Å². The number of carboxylic acid groups (broad SMARTS) is 1. The molecule has 0 radical (unpaired) electrons. The van der Waals surface area contributed by atoms with Crippen LogP contribution in [-0.2, 0) is 18.7 Å². The molecule has 0 saturated heterocycles. The lowest BCUT2D eigenvalue weighted by atomic mass is 9.99. The number of methoxy groups -OCH3 is 2. The first-order valence-electron chi connectivity index (χ1n) is 9.95. The van der Waals surface area contributed by atoms with Crippen molar-refractivity contribution in [2.45, 2.75) is 23.9 Å². The van der Waals surface area contributed by atoms with E-state index < -0.39 is 5.97 Å². The fourth-order valence-electron chi connectivity index (χ4n) is 3.63. The van der Waals surface area contributed by atoms with Crippen LogP contribution in [0.25, 0.3) is 0 Å². The smallest absolute Gasteiger partial charge is 0.335 e. The molecule has 9 heteroatoms. The molecule has 0 fully saturated rings. The van der Waals surface area contributed by atoms with Crippen LogP contribution >= 0.6 is 23.4 Å². The Hall–Kier alpha value is -2.97. The minimum Gasteiger partial charge on any atom is -0.493 e. The van der Waals surface area contributed by atoms with Gasteiger partial charge in [-0.05, 0) is 47.4 Å². The first kappa shape index (κ1) is 22.2. The molecular weight excluding hydrogens is 450 g/mol. The van der Waals surface area contributed by atoms with Crippen LogP contribution in [0.3, 0.4) is 0 Å². The maximum Gasteiger partial charge on any atom is 0.335 e. The Morgan fingerprint density at radius 2 is 1.88 bits per heavy atom. The molecule has 0 amide bonds. The summed E-state index contributed by atoms with van der Waals surface area (Å²) in [6.45, 7) is 1.47. The van der Waals surface area contributed by atoms with Gasteiger partial charge in [0.05, 0.1) is 19.8 Å². The summed E-state index contributed by atoms with van der Waals surface area (Å²) in [6, 6.07) is 12.7. The van der Waals surface area contributed by atoms with E-state index >= 15 is 0 Å². The number of benzene rings is 2. The van der Waals surface area contributed by atoms with Crippen molar-refractivity contribution in [3.05, 3.63) is 69.9 Å². The summed E-state index contributed by atoms with van der Waals surface area (Å²) in [7, 11) is 3.27. The summed E-state index contributed by atoms with van der Waals surface area (Å²) in [5.74, 6) is 1.79. The summed E-state index contributed by atoms with van der Waals surface area (Å²) >= 11 is 7.72. The molecule has 2 heterocycles. The van der Waals surface area contributed by atoms with E-state index in [1.54, 1.807) is 38.5 Å². The zero-order valence-electron chi connectivity index (χ0n) is 17.7. The van der Waals surface area contributed by atoms with Gasteiger partial charge in [-0.3, -0.25) is 0 Å². The molecule has 0 atom stereocenters. The second kappa shape index (κ2) is 9.67. The average Bonchev–Trinajstić information content (AvgIpc) is 2.81. The molecule has 2 aromatic carbocycles. The highest BCUT2D eigenvalue weighted by Gasteiger charge is 2.21. The van der Waals surface area contributed by atoms with Crippen molar-refractivity contribution in [2.75, 3.05) is 25.7 Å². The van der Waals surface area contributed by atoms with Gasteiger partial charge < -0.3 is 19.5 Å². The zero-order chi connectivity index (χ0) is 22.7. The third kappa shape index (κ3) is 4.92. The first-order chi connectivity index (χ1) is 15.5. The molecule has 3 aromatic rings. The number of aromatic carboxylic acids is 1. The van der Waals surface area contributed by atoms with Crippen LogP contribution in [0.1, 0.15) is 27.0 Å². The van der Waals surface area contributed by atoms with Crippen molar-refractivity contribution in [1.29, 1.82) is 0 Å². The largest absolute Gasteiger partial charge is 0.493 e. The number of fused-ring (bicyclic) bond motifs is 1. The number of carbonyl (C=O) groups is 1. The molecule has 1 aliphatic rings. The maximum absolute atomic E-state index is 11.2. The summed E-state index contributed by atoms with van der Waals surface area (Å²) in [5, 5.41) is 10.1. The van der Waals surface area contributed by atoms with Gasteiger partial charge in [0.15, 0.2) is 16.7 Å². The number of halogens is 1. The van der Waals surface area contributed by atoms with E-state index in [0.717, 1.165) is 35.7 Å². The Morgan fingerprint density at radius 3 is 2.59 bits per heavy atom. The van der Waals surface area contributed by atoms with E-state index in [2.05, 4.69) is 9.88 Å². The van der Waals surface area contributed by atoms with E-state index in [0.29, 0.717) is 28.4 Å². The highest BCUT2D eigenvalue weighted by Crippen LogP contribution is 2.35. The number of anilines is 1. The lowest BCUT2D eigenvalue weighted by Gasteiger charge is -2.30. The van der Waals surface area contributed by atoms with Gasteiger partial charge in [0, 0.05) is 24.9 Å². The average molecular weight is 472 g/mol. The SMILES string of the molecule is COc1cc2c(cc1OC)CN(c1cc(Cl)nc(SCc3cccc(C(=O)O)c3)n1)CC2. The fraction of sp³-hybridized carbons (Fsp3) is 0.261. The molecule has 1 aliphatic heterocycles. The van der Waals surface area contributed by atoms with Gasteiger partial charge in [-0.1, -0.05) is 35.5 Å². The topological polar surface area (TPSA) is 84.8 Å². The highest BCUT2D eigenvalue weighted by molar-refractivity contribution is 7.98. The minimum atomic E-state index is -0.947. The van der Waals surface area contributed by atoms with Gasteiger partial charge in [0.25, 0.3) is 0 Å². The van der Waals surface area contributed by atoms with E-state index in [1.165, 1.54) is 17.3 Å². The van der Waals surface area contributed by atoms with Crippen molar-refractivity contribution in [3.63, 3.8) is 0 Å². The van der Waals surface area contributed by atoms with Gasteiger partial charge in [0.1, 0.15) is 11.0 Å². The van der Waals surface area contributed by atoms with Crippen molar-refractivity contribution < 1.29 is 19.4 Å². The van der Waals surface area contributed by atoms with Gasteiger partial charge >= 0.3 is 5.97 Å². The molecule has 0 aliphatic carbocycles. The number of hydrogen-bond donors (Lipinski definition) is 1. The van der Waals surface area contributed by atoms with Crippen molar-refractivity contribution in [3.8, 4) is 11.5 Å². The minimum absolute atomic E-state index is 0.259. The lowest BCUT2D eigenvalue weighted by molar-refractivity contribution is 0.0696. The van der Waals surface area contributed by atoms with E-state index in [-0.39, 0.29) is 5.56 Å². The third-order valence-corrected chi connectivity index (χ3v) is 6.36. The summed E-state index contributed by atoms with van der Waals surface area (Å²) in [4.78, 5) is 22.4. The predicted molar refractivity (Wildman–Crippen MR) is 124 cm³/mol. The Bertz CT molecular complexity index is 1160. The van der Waals surface area contributed by atoms with Crippen LogP contribution in [0.4, 0.5) is 5.82 Å². The number of thioether (sulfide) groups is 1. The Balaban J connectivity index is 1.52. The van der Waals surface area contributed by atoms with Crippen LogP contribution in [0.5, 0.6) is 11.5 Å². The molecule has 0 saturated carbocycles. The van der Waals surface area contributed by atoms with Crippen LogP contribution in [0.2, 0.25) is 5.15 Å². The number of aromatic nitrogens is 2. The number of rotatable bonds is 7. The summed E-state index contributed by atoms with van der Waals surface area (Å²) in [5.41, 5.74) is 3.53. The number of carboxylic acids is 1. The molecule has 32 heavy (non-hydrogen) atoms. The zero-order valence-corrected chi connectivity index (χ0v) is 19.2. The first-order valence-corrected chi connectivity index (χ1v) is 11.3. The van der Waals surface area contributed by atoms with E-state index in [9.17, 15) is 9.90 Å². The van der Waals surface area contributed by atoms with E-state index in [4.69, 9.17) is 26.1 Å². The molecule has 1 N–H and O–H groups in total. The Morgan fingerprint density at radius 1 is 1.12 bits per heavy atom. The molecule has 4 rings (SSSR count). The van der Waals surface area contributed by atoms with Crippen molar-refractivity contribution in [2.24, 2.45) is 0 Å². The molecule has 0 bridgehead atoms. The third-order valence-electron chi connectivity index (χ3n) is 5.24. The van der Waals surface area contributed by atoms with Crippen LogP contribution in [-0.4, -0.2) is 41.8 Å². The monoisotopic (exact) mass is 471 g/mol. The second-order valence-corrected chi connectivity index (χ2v) is 8.60. The molecule has 7 nitrogen and oxygen atoms in total. The van der Waals surface area contributed by atoms with Crippen LogP contribution < -0.4 is 14.4 Å². The molecule has 1 aromatic heterocycles. The number of nitrogens with zero attached hydrogens (tertiary/aromatic N) is 3. The fourth-order valence-corrected chi connectivity index (χ4v) is 4.66. The number of ether oxygens (including phenoxy) is 2.